The lowest BCUT2D eigenvalue weighted by Crippen LogP contribution is -2.33. The zero-order valence-corrected chi connectivity index (χ0v) is 15.8. The standard InChI is InChI=1S/C24H24N2O2/c25-16-18-14-22(20-7-2-1-3-8-20)24(23(27)15-18)28-13-12-26-11-10-19-6-4-5-9-21(19)17-26/h1-9,14-16,25,27H,10-13,17H2. The second-order valence-corrected chi connectivity index (χ2v) is 7.07. The zero-order chi connectivity index (χ0) is 19.3. The van der Waals surface area contributed by atoms with Crippen molar-refractivity contribution in [1.29, 1.82) is 5.41 Å². The molecule has 0 spiro atoms. The number of phenols is 1. The molecule has 0 radical (unpaired) electrons. The average molecular weight is 372 g/mol. The van der Waals surface area contributed by atoms with E-state index in [1.165, 1.54) is 17.3 Å². The van der Waals surface area contributed by atoms with E-state index in [9.17, 15) is 5.11 Å². The molecule has 1 aliphatic rings. The van der Waals surface area contributed by atoms with E-state index in [0.717, 1.165) is 37.2 Å². The lowest BCUT2D eigenvalue weighted by Gasteiger charge is -2.28. The second-order valence-electron chi connectivity index (χ2n) is 7.07. The molecule has 0 atom stereocenters. The fourth-order valence-electron chi connectivity index (χ4n) is 3.72. The van der Waals surface area contributed by atoms with Crippen molar-refractivity contribution in [1.82, 2.24) is 4.90 Å². The van der Waals surface area contributed by atoms with E-state index in [1.807, 2.05) is 36.4 Å². The Labute approximate surface area is 165 Å². The van der Waals surface area contributed by atoms with Crippen molar-refractivity contribution < 1.29 is 9.84 Å². The quantitative estimate of drug-likeness (QED) is 0.627. The van der Waals surface area contributed by atoms with Crippen LogP contribution in [0, 0.1) is 5.41 Å². The van der Waals surface area contributed by atoms with E-state index >= 15 is 0 Å². The Morgan fingerprint density at radius 3 is 2.54 bits per heavy atom. The molecule has 0 saturated carbocycles. The summed E-state index contributed by atoms with van der Waals surface area (Å²) in [5.74, 6) is 0.554. The molecule has 1 heterocycles. The predicted molar refractivity (Wildman–Crippen MR) is 112 cm³/mol. The van der Waals surface area contributed by atoms with Crippen molar-refractivity contribution in [2.45, 2.75) is 13.0 Å². The Kier molecular flexibility index (Phi) is 5.40. The molecular weight excluding hydrogens is 348 g/mol. The Hall–Kier alpha value is -3.11. The summed E-state index contributed by atoms with van der Waals surface area (Å²) in [6, 6.07) is 21.9. The number of fused-ring (bicyclic) bond motifs is 1. The first kappa shape index (κ1) is 18.3. The number of ether oxygens (including phenoxy) is 1. The number of rotatable bonds is 6. The van der Waals surface area contributed by atoms with Gasteiger partial charge in [0.1, 0.15) is 6.61 Å². The number of aromatic hydroxyl groups is 1. The van der Waals surface area contributed by atoms with E-state index in [-0.39, 0.29) is 5.75 Å². The van der Waals surface area contributed by atoms with Gasteiger partial charge in [0, 0.05) is 31.4 Å². The van der Waals surface area contributed by atoms with Crippen LogP contribution in [0.4, 0.5) is 0 Å². The number of nitrogens with one attached hydrogen (secondary N) is 1. The van der Waals surface area contributed by atoms with Gasteiger partial charge in [0.2, 0.25) is 0 Å². The molecule has 1 aliphatic heterocycles. The summed E-state index contributed by atoms with van der Waals surface area (Å²) in [7, 11) is 0. The van der Waals surface area contributed by atoms with E-state index in [2.05, 4.69) is 29.2 Å². The van der Waals surface area contributed by atoms with Crippen LogP contribution >= 0.6 is 0 Å². The summed E-state index contributed by atoms with van der Waals surface area (Å²) in [6.07, 6.45) is 2.30. The van der Waals surface area contributed by atoms with E-state index in [4.69, 9.17) is 10.1 Å². The molecule has 0 fully saturated rings. The molecule has 4 nitrogen and oxygen atoms in total. The normalized spacial score (nSPS) is 13.7. The fourth-order valence-corrected chi connectivity index (χ4v) is 3.72. The van der Waals surface area contributed by atoms with Crippen LogP contribution in [-0.4, -0.2) is 35.9 Å². The predicted octanol–water partition coefficient (Wildman–Crippen LogP) is 4.49. The summed E-state index contributed by atoms with van der Waals surface area (Å²) < 4.78 is 6.05. The Balaban J connectivity index is 1.48. The number of hydrogen-bond acceptors (Lipinski definition) is 4. The highest BCUT2D eigenvalue weighted by molar-refractivity contribution is 5.85. The molecule has 3 aromatic carbocycles. The van der Waals surface area contributed by atoms with Gasteiger partial charge in [0.05, 0.1) is 0 Å². The van der Waals surface area contributed by atoms with Gasteiger partial charge in [-0.2, -0.15) is 0 Å². The number of nitrogens with zero attached hydrogens (tertiary/aromatic N) is 1. The topological polar surface area (TPSA) is 56.6 Å². The second kappa shape index (κ2) is 8.28. The maximum absolute atomic E-state index is 10.5. The maximum Gasteiger partial charge on any atom is 0.168 e. The van der Waals surface area contributed by atoms with Gasteiger partial charge in [-0.25, -0.2) is 0 Å². The number of hydrogen-bond donors (Lipinski definition) is 2. The van der Waals surface area contributed by atoms with Crippen molar-refractivity contribution in [3.8, 4) is 22.6 Å². The van der Waals surface area contributed by atoms with Crippen LogP contribution < -0.4 is 4.74 Å². The van der Waals surface area contributed by atoms with Gasteiger partial charge in [0.15, 0.2) is 11.5 Å². The SMILES string of the molecule is N=Cc1cc(O)c(OCCN2CCc3ccccc3C2)c(-c2ccccc2)c1. The molecule has 4 rings (SSSR count). The van der Waals surface area contributed by atoms with Crippen LogP contribution in [-0.2, 0) is 13.0 Å². The van der Waals surface area contributed by atoms with Crippen molar-refractivity contribution >= 4 is 6.21 Å². The highest BCUT2D eigenvalue weighted by atomic mass is 16.5. The van der Waals surface area contributed by atoms with Gasteiger partial charge in [-0.3, -0.25) is 4.90 Å². The third-order valence-corrected chi connectivity index (χ3v) is 5.21. The first-order valence-corrected chi connectivity index (χ1v) is 9.59. The van der Waals surface area contributed by atoms with Crippen molar-refractivity contribution in [3.05, 3.63) is 83.4 Å². The molecule has 142 valence electrons. The fraction of sp³-hybridized carbons (Fsp3) is 0.208. The van der Waals surface area contributed by atoms with Crippen LogP contribution in [0.5, 0.6) is 11.5 Å². The zero-order valence-electron chi connectivity index (χ0n) is 15.8. The third-order valence-electron chi connectivity index (χ3n) is 5.21. The Bertz CT molecular complexity index is 970. The monoisotopic (exact) mass is 372 g/mol. The lowest BCUT2D eigenvalue weighted by atomic mass is 10.00. The average Bonchev–Trinajstić information content (AvgIpc) is 2.75. The molecule has 28 heavy (non-hydrogen) atoms. The highest BCUT2D eigenvalue weighted by Gasteiger charge is 2.17. The Morgan fingerprint density at radius 1 is 1.00 bits per heavy atom. The van der Waals surface area contributed by atoms with E-state index < -0.39 is 0 Å². The molecule has 0 aromatic heterocycles. The summed E-state index contributed by atoms with van der Waals surface area (Å²) in [6.45, 7) is 3.25. The molecule has 0 unspecified atom stereocenters. The molecule has 0 aliphatic carbocycles. The summed E-state index contributed by atoms with van der Waals surface area (Å²) in [4.78, 5) is 2.38. The lowest BCUT2D eigenvalue weighted by molar-refractivity contribution is 0.193. The molecule has 0 saturated heterocycles. The number of phenolic OH excluding ortho intramolecular Hbond substituents is 1. The summed E-state index contributed by atoms with van der Waals surface area (Å²) in [5, 5.41) is 18.0. The summed E-state index contributed by atoms with van der Waals surface area (Å²) in [5.41, 5.74) is 5.24. The smallest absolute Gasteiger partial charge is 0.168 e. The van der Waals surface area contributed by atoms with Gasteiger partial charge >= 0.3 is 0 Å². The van der Waals surface area contributed by atoms with Gasteiger partial charge < -0.3 is 15.3 Å². The maximum atomic E-state index is 10.5. The van der Waals surface area contributed by atoms with Gasteiger partial charge in [0.25, 0.3) is 0 Å². The third kappa shape index (κ3) is 3.92. The molecule has 0 bridgehead atoms. The van der Waals surface area contributed by atoms with Crippen LogP contribution in [0.2, 0.25) is 0 Å². The van der Waals surface area contributed by atoms with Crippen molar-refractivity contribution in [3.63, 3.8) is 0 Å². The molecule has 4 heteroatoms. The minimum absolute atomic E-state index is 0.0730. The number of benzene rings is 3. The van der Waals surface area contributed by atoms with Crippen LogP contribution in [0.1, 0.15) is 16.7 Å². The van der Waals surface area contributed by atoms with Crippen molar-refractivity contribution in [2.75, 3.05) is 19.7 Å². The Morgan fingerprint density at radius 2 is 1.75 bits per heavy atom. The molecule has 2 N–H and O–H groups in total. The van der Waals surface area contributed by atoms with E-state index in [0.29, 0.717) is 17.9 Å². The van der Waals surface area contributed by atoms with Crippen LogP contribution in [0.15, 0.2) is 66.7 Å². The minimum Gasteiger partial charge on any atom is -0.504 e. The largest absolute Gasteiger partial charge is 0.504 e. The molecule has 0 amide bonds. The minimum atomic E-state index is 0.0730. The summed E-state index contributed by atoms with van der Waals surface area (Å²) >= 11 is 0. The van der Waals surface area contributed by atoms with Crippen LogP contribution in [0.25, 0.3) is 11.1 Å². The van der Waals surface area contributed by atoms with E-state index in [1.54, 1.807) is 6.07 Å². The van der Waals surface area contributed by atoms with Gasteiger partial charge in [-0.1, -0.05) is 54.6 Å². The molecule has 3 aromatic rings. The molecular formula is C24H24N2O2. The first-order valence-electron chi connectivity index (χ1n) is 9.59. The van der Waals surface area contributed by atoms with Gasteiger partial charge in [-0.15, -0.1) is 0 Å². The highest BCUT2D eigenvalue weighted by Crippen LogP contribution is 2.38. The first-order chi connectivity index (χ1) is 13.7. The van der Waals surface area contributed by atoms with Crippen molar-refractivity contribution in [2.24, 2.45) is 0 Å². The van der Waals surface area contributed by atoms with Gasteiger partial charge in [-0.05, 0) is 40.8 Å². The van der Waals surface area contributed by atoms with Crippen LogP contribution in [0.3, 0.4) is 0 Å².